The highest BCUT2D eigenvalue weighted by atomic mass is 16.5. The molecule has 2 N–H and O–H groups in total. The van der Waals surface area contributed by atoms with E-state index in [0.717, 1.165) is 19.6 Å². The van der Waals surface area contributed by atoms with E-state index >= 15 is 0 Å². The maximum atomic E-state index is 11.5. The number of carbonyl (C=O) groups is 1. The van der Waals surface area contributed by atoms with Gasteiger partial charge in [-0.05, 0) is 19.3 Å². The summed E-state index contributed by atoms with van der Waals surface area (Å²) in [6.07, 6.45) is 1.01. The molecule has 0 aromatic heterocycles. The standard InChI is InChI=1S/C11H22N2O2/c1-8(2)9(3)13-11(14)6-12-10-4-5-15-7-10/h8-10,12H,4-7H2,1-3H3,(H,13,14). The molecule has 0 radical (unpaired) electrons. The SMILES string of the molecule is CC(C)C(C)NC(=O)CNC1CCOC1. The lowest BCUT2D eigenvalue weighted by Gasteiger charge is -2.18. The summed E-state index contributed by atoms with van der Waals surface area (Å²) in [6.45, 7) is 8.16. The monoisotopic (exact) mass is 214 g/mol. The van der Waals surface area contributed by atoms with Gasteiger partial charge in [0.2, 0.25) is 5.91 Å². The van der Waals surface area contributed by atoms with E-state index in [1.54, 1.807) is 0 Å². The number of rotatable bonds is 5. The van der Waals surface area contributed by atoms with Crippen LogP contribution in [0.25, 0.3) is 0 Å². The predicted molar refractivity (Wildman–Crippen MR) is 59.7 cm³/mol. The van der Waals surface area contributed by atoms with Crippen molar-refractivity contribution in [2.75, 3.05) is 19.8 Å². The first-order chi connectivity index (χ1) is 7.09. The fourth-order valence-electron chi connectivity index (χ4n) is 1.40. The highest BCUT2D eigenvalue weighted by molar-refractivity contribution is 5.78. The van der Waals surface area contributed by atoms with Crippen LogP contribution < -0.4 is 10.6 Å². The molecule has 1 fully saturated rings. The highest BCUT2D eigenvalue weighted by Crippen LogP contribution is 2.02. The zero-order chi connectivity index (χ0) is 11.3. The van der Waals surface area contributed by atoms with Crippen molar-refractivity contribution in [3.63, 3.8) is 0 Å². The van der Waals surface area contributed by atoms with E-state index in [0.29, 0.717) is 18.5 Å². The normalized spacial score (nSPS) is 23.1. The lowest BCUT2D eigenvalue weighted by molar-refractivity contribution is -0.121. The molecule has 88 valence electrons. The first kappa shape index (κ1) is 12.5. The Hall–Kier alpha value is -0.610. The van der Waals surface area contributed by atoms with Gasteiger partial charge in [-0.15, -0.1) is 0 Å². The van der Waals surface area contributed by atoms with E-state index in [9.17, 15) is 4.79 Å². The van der Waals surface area contributed by atoms with Gasteiger partial charge in [-0.25, -0.2) is 0 Å². The summed E-state index contributed by atoms with van der Waals surface area (Å²) in [5.74, 6) is 0.548. The van der Waals surface area contributed by atoms with Gasteiger partial charge in [-0.1, -0.05) is 13.8 Å². The maximum Gasteiger partial charge on any atom is 0.234 e. The smallest absolute Gasteiger partial charge is 0.234 e. The molecule has 0 aliphatic carbocycles. The van der Waals surface area contributed by atoms with Crippen molar-refractivity contribution >= 4 is 5.91 Å². The van der Waals surface area contributed by atoms with Gasteiger partial charge in [0, 0.05) is 18.7 Å². The third kappa shape index (κ3) is 4.62. The summed E-state index contributed by atoms with van der Waals surface area (Å²) in [5.41, 5.74) is 0. The Morgan fingerprint density at radius 2 is 2.20 bits per heavy atom. The second kappa shape index (κ2) is 6.08. The number of hydrogen-bond donors (Lipinski definition) is 2. The minimum absolute atomic E-state index is 0.0723. The van der Waals surface area contributed by atoms with Crippen LogP contribution in [-0.4, -0.2) is 37.7 Å². The van der Waals surface area contributed by atoms with Crippen LogP contribution in [-0.2, 0) is 9.53 Å². The molecule has 1 saturated heterocycles. The molecule has 1 amide bonds. The Morgan fingerprint density at radius 3 is 2.73 bits per heavy atom. The molecule has 4 heteroatoms. The molecule has 0 bridgehead atoms. The van der Waals surface area contributed by atoms with Gasteiger partial charge in [-0.3, -0.25) is 4.79 Å². The van der Waals surface area contributed by atoms with E-state index in [2.05, 4.69) is 24.5 Å². The Morgan fingerprint density at radius 1 is 1.47 bits per heavy atom. The second-order valence-electron chi connectivity index (χ2n) is 4.54. The van der Waals surface area contributed by atoms with Crippen molar-refractivity contribution in [2.45, 2.75) is 39.3 Å². The Kier molecular flexibility index (Phi) is 5.05. The van der Waals surface area contributed by atoms with Crippen molar-refractivity contribution in [3.05, 3.63) is 0 Å². The lowest BCUT2D eigenvalue weighted by atomic mass is 10.1. The van der Waals surface area contributed by atoms with Crippen LogP contribution in [0.5, 0.6) is 0 Å². The quantitative estimate of drug-likeness (QED) is 0.701. The molecular formula is C11H22N2O2. The van der Waals surface area contributed by atoms with Gasteiger partial charge < -0.3 is 15.4 Å². The van der Waals surface area contributed by atoms with Crippen molar-refractivity contribution in [1.82, 2.24) is 10.6 Å². The zero-order valence-corrected chi connectivity index (χ0v) is 9.88. The molecule has 15 heavy (non-hydrogen) atoms. The average molecular weight is 214 g/mol. The number of ether oxygens (including phenoxy) is 1. The summed E-state index contributed by atoms with van der Waals surface area (Å²) in [6, 6.07) is 0.587. The van der Waals surface area contributed by atoms with Crippen LogP contribution in [0.4, 0.5) is 0 Å². The molecule has 1 rings (SSSR count). The summed E-state index contributed by atoms with van der Waals surface area (Å²) in [7, 11) is 0. The van der Waals surface area contributed by atoms with E-state index in [-0.39, 0.29) is 11.9 Å². The number of carbonyl (C=O) groups excluding carboxylic acids is 1. The fraction of sp³-hybridized carbons (Fsp3) is 0.909. The van der Waals surface area contributed by atoms with Crippen molar-refractivity contribution in [3.8, 4) is 0 Å². The minimum Gasteiger partial charge on any atom is -0.380 e. The van der Waals surface area contributed by atoms with Gasteiger partial charge in [0.1, 0.15) is 0 Å². The van der Waals surface area contributed by atoms with Crippen molar-refractivity contribution in [2.24, 2.45) is 5.92 Å². The van der Waals surface area contributed by atoms with E-state index in [1.165, 1.54) is 0 Å². The third-order valence-corrected chi connectivity index (χ3v) is 2.87. The molecule has 2 atom stereocenters. The van der Waals surface area contributed by atoms with Crippen molar-refractivity contribution in [1.29, 1.82) is 0 Å². The first-order valence-electron chi connectivity index (χ1n) is 5.70. The minimum atomic E-state index is 0.0723. The van der Waals surface area contributed by atoms with E-state index in [4.69, 9.17) is 4.74 Å². The number of amides is 1. The van der Waals surface area contributed by atoms with Crippen LogP contribution in [0.15, 0.2) is 0 Å². The number of hydrogen-bond acceptors (Lipinski definition) is 3. The molecule has 1 heterocycles. The second-order valence-corrected chi connectivity index (χ2v) is 4.54. The summed E-state index contributed by atoms with van der Waals surface area (Å²) < 4.78 is 5.21. The summed E-state index contributed by atoms with van der Waals surface area (Å²) in [4.78, 5) is 11.5. The van der Waals surface area contributed by atoms with Crippen LogP contribution in [0.2, 0.25) is 0 Å². The Labute approximate surface area is 91.8 Å². The van der Waals surface area contributed by atoms with Gasteiger partial charge in [0.25, 0.3) is 0 Å². The van der Waals surface area contributed by atoms with E-state index < -0.39 is 0 Å². The molecule has 1 aliphatic rings. The fourth-order valence-corrected chi connectivity index (χ4v) is 1.40. The molecule has 0 aromatic rings. The van der Waals surface area contributed by atoms with Gasteiger partial charge in [0.05, 0.1) is 13.2 Å². The van der Waals surface area contributed by atoms with Gasteiger partial charge in [0.15, 0.2) is 0 Å². The average Bonchev–Trinajstić information content (AvgIpc) is 2.66. The maximum absolute atomic E-state index is 11.5. The summed E-state index contributed by atoms with van der Waals surface area (Å²) in [5, 5.41) is 6.15. The molecule has 1 aliphatic heterocycles. The number of nitrogens with one attached hydrogen (secondary N) is 2. The lowest BCUT2D eigenvalue weighted by Crippen LogP contribution is -2.44. The van der Waals surface area contributed by atoms with Crippen molar-refractivity contribution < 1.29 is 9.53 Å². The van der Waals surface area contributed by atoms with Crippen LogP contribution in [0.3, 0.4) is 0 Å². The highest BCUT2D eigenvalue weighted by Gasteiger charge is 2.16. The Balaban J connectivity index is 2.12. The zero-order valence-electron chi connectivity index (χ0n) is 9.88. The molecule has 0 aromatic carbocycles. The summed E-state index contributed by atoms with van der Waals surface area (Å²) >= 11 is 0. The Bertz CT molecular complexity index is 201. The largest absolute Gasteiger partial charge is 0.380 e. The topological polar surface area (TPSA) is 50.4 Å². The van der Waals surface area contributed by atoms with Crippen LogP contribution >= 0.6 is 0 Å². The molecule has 4 nitrogen and oxygen atoms in total. The molecular weight excluding hydrogens is 192 g/mol. The molecule has 0 saturated carbocycles. The predicted octanol–water partition coefficient (Wildman–Crippen LogP) is 0.526. The van der Waals surface area contributed by atoms with Gasteiger partial charge >= 0.3 is 0 Å². The van der Waals surface area contributed by atoms with Crippen LogP contribution in [0.1, 0.15) is 27.2 Å². The third-order valence-electron chi connectivity index (χ3n) is 2.87. The molecule has 0 spiro atoms. The van der Waals surface area contributed by atoms with E-state index in [1.807, 2.05) is 6.92 Å². The first-order valence-corrected chi connectivity index (χ1v) is 5.70. The van der Waals surface area contributed by atoms with Gasteiger partial charge in [-0.2, -0.15) is 0 Å². The molecule has 2 unspecified atom stereocenters. The van der Waals surface area contributed by atoms with Crippen LogP contribution in [0, 0.1) is 5.92 Å².